The van der Waals surface area contributed by atoms with Gasteiger partial charge in [-0.3, -0.25) is 4.79 Å². The lowest BCUT2D eigenvalue weighted by molar-refractivity contribution is -0.129. The fourth-order valence-corrected chi connectivity index (χ4v) is 4.43. The van der Waals surface area contributed by atoms with Crippen molar-refractivity contribution < 1.29 is 9.53 Å². The summed E-state index contributed by atoms with van der Waals surface area (Å²) >= 11 is 1.65. The van der Waals surface area contributed by atoms with Crippen molar-refractivity contribution in [2.45, 2.75) is 25.8 Å². The van der Waals surface area contributed by atoms with E-state index in [2.05, 4.69) is 9.55 Å². The lowest BCUT2D eigenvalue weighted by Crippen LogP contribution is -2.30. The van der Waals surface area contributed by atoms with E-state index in [9.17, 15) is 4.79 Å². The van der Waals surface area contributed by atoms with Crippen LogP contribution in [-0.2, 0) is 28.9 Å². The molecule has 1 atom stereocenters. The van der Waals surface area contributed by atoms with Crippen molar-refractivity contribution in [3.63, 3.8) is 0 Å². The first-order chi connectivity index (χ1) is 13.2. The van der Waals surface area contributed by atoms with Gasteiger partial charge in [0, 0.05) is 44.2 Å². The third-order valence-electron chi connectivity index (χ3n) is 5.12. The number of hydrogen-bond acceptors (Lipinski definition) is 5. The van der Waals surface area contributed by atoms with E-state index >= 15 is 0 Å². The van der Waals surface area contributed by atoms with Crippen molar-refractivity contribution >= 4 is 28.4 Å². The van der Waals surface area contributed by atoms with Gasteiger partial charge in [0.2, 0.25) is 5.91 Å². The molecule has 3 aromatic heterocycles. The fraction of sp³-hybridized carbons (Fsp3) is 0.450. The van der Waals surface area contributed by atoms with Gasteiger partial charge < -0.3 is 14.2 Å². The van der Waals surface area contributed by atoms with Crippen LogP contribution < -0.4 is 0 Å². The number of pyridine rings is 1. The quantitative estimate of drug-likeness (QED) is 0.628. The van der Waals surface area contributed by atoms with Crippen molar-refractivity contribution in [3.8, 4) is 0 Å². The number of amides is 1. The monoisotopic (exact) mass is 384 g/mol. The summed E-state index contributed by atoms with van der Waals surface area (Å²) in [6.45, 7) is 3.02. The molecule has 142 valence electrons. The summed E-state index contributed by atoms with van der Waals surface area (Å²) in [6, 6.07) is 7.95. The zero-order valence-electron chi connectivity index (χ0n) is 15.5. The maximum Gasteiger partial charge on any atom is 0.227 e. The van der Waals surface area contributed by atoms with Gasteiger partial charge in [0.1, 0.15) is 11.3 Å². The zero-order valence-corrected chi connectivity index (χ0v) is 16.3. The molecule has 1 saturated heterocycles. The number of ether oxygens (including phenoxy) is 1. The van der Waals surface area contributed by atoms with Crippen LogP contribution in [0.25, 0.3) is 11.2 Å². The molecule has 4 rings (SSSR count). The van der Waals surface area contributed by atoms with E-state index in [1.807, 2.05) is 34.5 Å². The average molecular weight is 385 g/mol. The number of hydrogen-bond donors (Lipinski definition) is 0. The Hall–Kier alpha value is -2.25. The van der Waals surface area contributed by atoms with Gasteiger partial charge in [-0.05, 0) is 35.9 Å². The molecular formula is C20H24N4O2S. The van der Waals surface area contributed by atoms with Gasteiger partial charge in [0.15, 0.2) is 5.65 Å². The number of methoxy groups -OCH3 is 1. The summed E-state index contributed by atoms with van der Waals surface area (Å²) in [5.41, 5.74) is 1.83. The summed E-state index contributed by atoms with van der Waals surface area (Å²) in [7, 11) is 1.71. The van der Waals surface area contributed by atoms with Gasteiger partial charge >= 0.3 is 0 Å². The number of nitrogens with zero attached hydrogens (tertiary/aromatic N) is 4. The molecule has 27 heavy (non-hydrogen) atoms. The van der Waals surface area contributed by atoms with E-state index < -0.39 is 0 Å². The Bertz CT molecular complexity index is 906. The topological polar surface area (TPSA) is 60.2 Å². The molecule has 0 saturated carbocycles. The number of likely N-dealkylation sites (tertiary alicyclic amines) is 1. The second kappa shape index (κ2) is 8.19. The van der Waals surface area contributed by atoms with Crippen LogP contribution in [0.15, 0.2) is 35.8 Å². The minimum absolute atomic E-state index is 0.231. The minimum Gasteiger partial charge on any atom is -0.383 e. The van der Waals surface area contributed by atoms with E-state index in [0.717, 1.165) is 54.3 Å². The normalized spacial score (nSPS) is 17.1. The van der Waals surface area contributed by atoms with E-state index in [0.29, 0.717) is 18.9 Å². The van der Waals surface area contributed by atoms with Crippen LogP contribution in [0.4, 0.5) is 0 Å². The molecule has 0 spiro atoms. The van der Waals surface area contributed by atoms with E-state index in [1.54, 1.807) is 24.6 Å². The molecule has 4 heterocycles. The molecule has 1 amide bonds. The molecule has 3 aromatic rings. The smallest absolute Gasteiger partial charge is 0.227 e. The average Bonchev–Trinajstić information content (AvgIpc) is 3.40. The molecule has 0 aromatic carbocycles. The lowest BCUT2D eigenvalue weighted by Gasteiger charge is -2.16. The van der Waals surface area contributed by atoms with Crippen molar-refractivity contribution in [2.24, 2.45) is 5.92 Å². The summed E-state index contributed by atoms with van der Waals surface area (Å²) in [5.74, 6) is 1.71. The van der Waals surface area contributed by atoms with E-state index in [-0.39, 0.29) is 5.91 Å². The Labute approximate surface area is 162 Å². The molecule has 0 unspecified atom stereocenters. The first-order valence-corrected chi connectivity index (χ1v) is 10.2. The molecule has 0 radical (unpaired) electrons. The Kier molecular flexibility index (Phi) is 5.50. The first kappa shape index (κ1) is 18.1. The number of thiophene rings is 1. The molecule has 1 aliphatic rings. The van der Waals surface area contributed by atoms with Crippen LogP contribution in [0.1, 0.15) is 17.1 Å². The maximum atomic E-state index is 12.5. The standard InChI is InChI=1S/C20H24N4O2S/c1-26-10-9-24-18(22-17-5-2-7-21-20(17)24)12-15-6-8-23(14-15)19(25)13-16-4-3-11-27-16/h2-5,7,11,15H,6,8-10,12-14H2,1H3/t15-/m0/s1. The van der Waals surface area contributed by atoms with Crippen LogP contribution in [-0.4, -0.2) is 52.1 Å². The van der Waals surface area contributed by atoms with Crippen molar-refractivity contribution in [2.75, 3.05) is 26.8 Å². The van der Waals surface area contributed by atoms with Crippen LogP contribution in [0, 0.1) is 5.92 Å². The number of fused-ring (bicyclic) bond motifs is 1. The van der Waals surface area contributed by atoms with E-state index in [4.69, 9.17) is 9.72 Å². The Morgan fingerprint density at radius 2 is 2.30 bits per heavy atom. The number of aromatic nitrogens is 3. The summed E-state index contributed by atoms with van der Waals surface area (Å²) in [5, 5.41) is 2.02. The van der Waals surface area contributed by atoms with Gasteiger partial charge in [-0.25, -0.2) is 9.97 Å². The van der Waals surface area contributed by atoms with Crippen molar-refractivity contribution in [3.05, 3.63) is 46.5 Å². The number of rotatable bonds is 7. The Morgan fingerprint density at radius 3 is 3.11 bits per heavy atom. The molecule has 6 nitrogen and oxygen atoms in total. The van der Waals surface area contributed by atoms with Gasteiger partial charge in [0.25, 0.3) is 0 Å². The molecular weight excluding hydrogens is 360 g/mol. The highest BCUT2D eigenvalue weighted by atomic mass is 32.1. The van der Waals surface area contributed by atoms with Crippen molar-refractivity contribution in [1.82, 2.24) is 19.4 Å². The molecule has 0 aliphatic carbocycles. The minimum atomic E-state index is 0.231. The second-order valence-electron chi connectivity index (χ2n) is 6.97. The predicted molar refractivity (Wildman–Crippen MR) is 106 cm³/mol. The first-order valence-electron chi connectivity index (χ1n) is 9.34. The molecule has 0 N–H and O–H groups in total. The molecule has 1 aliphatic heterocycles. The number of imidazole rings is 1. The van der Waals surface area contributed by atoms with Gasteiger partial charge in [-0.1, -0.05) is 6.07 Å². The summed E-state index contributed by atoms with van der Waals surface area (Å²) in [4.78, 5) is 25.0. The zero-order chi connectivity index (χ0) is 18.6. The number of carbonyl (C=O) groups is 1. The SMILES string of the molecule is COCCn1c(C[C@@H]2CCN(C(=O)Cc3cccs3)C2)nc2cccnc21. The third kappa shape index (κ3) is 4.04. The Balaban J connectivity index is 1.44. The number of carbonyl (C=O) groups excluding carboxylic acids is 1. The molecule has 0 bridgehead atoms. The van der Waals surface area contributed by atoms with Gasteiger partial charge in [0.05, 0.1) is 13.0 Å². The van der Waals surface area contributed by atoms with Gasteiger partial charge in [-0.15, -0.1) is 11.3 Å². The van der Waals surface area contributed by atoms with Gasteiger partial charge in [-0.2, -0.15) is 0 Å². The maximum absolute atomic E-state index is 12.5. The lowest BCUT2D eigenvalue weighted by atomic mass is 10.0. The summed E-state index contributed by atoms with van der Waals surface area (Å²) in [6.07, 6.45) is 4.21. The second-order valence-corrected chi connectivity index (χ2v) is 8.01. The van der Waals surface area contributed by atoms with Crippen LogP contribution in [0.2, 0.25) is 0 Å². The highest BCUT2D eigenvalue weighted by molar-refractivity contribution is 7.10. The van der Waals surface area contributed by atoms with Crippen LogP contribution in [0.5, 0.6) is 0 Å². The Morgan fingerprint density at radius 1 is 1.37 bits per heavy atom. The third-order valence-corrected chi connectivity index (χ3v) is 5.99. The van der Waals surface area contributed by atoms with E-state index in [1.165, 1.54) is 0 Å². The fourth-order valence-electron chi connectivity index (χ4n) is 3.74. The largest absolute Gasteiger partial charge is 0.383 e. The summed E-state index contributed by atoms with van der Waals surface area (Å²) < 4.78 is 7.42. The predicted octanol–water partition coefficient (Wildman–Crippen LogP) is 2.77. The highest BCUT2D eigenvalue weighted by Gasteiger charge is 2.28. The van der Waals surface area contributed by atoms with Crippen LogP contribution in [0.3, 0.4) is 0 Å². The molecule has 7 heteroatoms. The molecule has 1 fully saturated rings. The van der Waals surface area contributed by atoms with Crippen molar-refractivity contribution in [1.29, 1.82) is 0 Å². The highest BCUT2D eigenvalue weighted by Crippen LogP contribution is 2.24. The van der Waals surface area contributed by atoms with Crippen LogP contribution >= 0.6 is 11.3 Å².